The molecule has 1 aromatic carbocycles. The molecular weight excluding hydrogens is 349 g/mol. The Morgan fingerprint density at radius 2 is 2.00 bits per heavy atom. The lowest BCUT2D eigenvalue weighted by atomic mass is 10.2. The summed E-state index contributed by atoms with van der Waals surface area (Å²) in [6.07, 6.45) is 3.74. The lowest BCUT2D eigenvalue weighted by Gasteiger charge is -2.11. The van der Waals surface area contributed by atoms with Crippen LogP contribution in [0.15, 0.2) is 36.5 Å². The third-order valence-electron chi connectivity index (χ3n) is 3.66. The number of hydrogen-bond acceptors (Lipinski definition) is 4. The van der Waals surface area contributed by atoms with E-state index in [1.54, 1.807) is 36.5 Å². The van der Waals surface area contributed by atoms with Gasteiger partial charge in [-0.2, -0.15) is 0 Å². The molecule has 0 saturated carbocycles. The fraction of sp³-hybridized carbons (Fsp3) is 0.294. The van der Waals surface area contributed by atoms with Crippen molar-refractivity contribution in [2.24, 2.45) is 0 Å². The summed E-state index contributed by atoms with van der Waals surface area (Å²) in [5.41, 5.74) is 1.86. The Hall–Kier alpha value is -1.82. The van der Waals surface area contributed by atoms with E-state index < -0.39 is 0 Å². The molecule has 2 aromatic rings. The summed E-state index contributed by atoms with van der Waals surface area (Å²) in [6, 6.07) is 8.63. The number of hydrogen-bond donors (Lipinski definition) is 2. The average Bonchev–Trinajstić information content (AvgIpc) is 3.06. The first-order chi connectivity index (χ1) is 11.6. The topological polar surface area (TPSA) is 63.2 Å². The van der Waals surface area contributed by atoms with Gasteiger partial charge in [0.05, 0.1) is 18.0 Å². The Morgan fingerprint density at radius 3 is 2.62 bits per heavy atom. The van der Waals surface area contributed by atoms with Crippen LogP contribution in [0.5, 0.6) is 0 Å². The van der Waals surface area contributed by atoms with Gasteiger partial charge in [0.1, 0.15) is 5.69 Å². The molecule has 1 aliphatic rings. The van der Waals surface area contributed by atoms with Gasteiger partial charge in [-0.1, -0.05) is 23.2 Å². The Bertz CT molecular complexity index is 696. The molecule has 1 fully saturated rings. The lowest BCUT2D eigenvalue weighted by molar-refractivity contribution is 0.0854. The molecule has 1 aromatic heterocycles. The van der Waals surface area contributed by atoms with E-state index in [1.807, 2.05) is 0 Å². The van der Waals surface area contributed by atoms with Crippen molar-refractivity contribution in [2.45, 2.75) is 18.9 Å². The van der Waals surface area contributed by atoms with Crippen molar-refractivity contribution in [3.05, 3.63) is 52.3 Å². The zero-order chi connectivity index (χ0) is 16.9. The number of amides is 1. The second kappa shape index (κ2) is 7.83. The average molecular weight is 366 g/mol. The van der Waals surface area contributed by atoms with E-state index in [9.17, 15) is 4.79 Å². The molecular formula is C17H17Cl2N3O2. The van der Waals surface area contributed by atoms with E-state index in [0.29, 0.717) is 22.3 Å². The van der Waals surface area contributed by atoms with Crippen LogP contribution >= 0.6 is 23.2 Å². The Kier molecular flexibility index (Phi) is 5.56. The van der Waals surface area contributed by atoms with E-state index in [-0.39, 0.29) is 12.0 Å². The maximum atomic E-state index is 12.1. The normalized spacial score (nSPS) is 16.8. The summed E-state index contributed by atoms with van der Waals surface area (Å²) in [5, 5.41) is 7.08. The van der Waals surface area contributed by atoms with Gasteiger partial charge in [-0.05, 0) is 43.2 Å². The van der Waals surface area contributed by atoms with Gasteiger partial charge in [0.25, 0.3) is 5.91 Å². The van der Waals surface area contributed by atoms with Crippen molar-refractivity contribution < 1.29 is 9.53 Å². The van der Waals surface area contributed by atoms with Gasteiger partial charge in [0, 0.05) is 28.9 Å². The van der Waals surface area contributed by atoms with Crippen LogP contribution in [0.3, 0.4) is 0 Å². The van der Waals surface area contributed by atoms with Crippen molar-refractivity contribution in [1.82, 2.24) is 10.3 Å². The summed E-state index contributed by atoms with van der Waals surface area (Å²) >= 11 is 11.9. The molecule has 3 rings (SSSR count). The van der Waals surface area contributed by atoms with E-state index >= 15 is 0 Å². The fourth-order valence-corrected chi connectivity index (χ4v) is 3.02. The minimum atomic E-state index is -0.206. The molecule has 126 valence electrons. The third-order valence-corrected chi connectivity index (χ3v) is 4.10. The minimum Gasteiger partial charge on any atom is -0.376 e. The van der Waals surface area contributed by atoms with Crippen molar-refractivity contribution in [3.8, 4) is 0 Å². The highest BCUT2D eigenvalue weighted by atomic mass is 35.5. The summed E-state index contributed by atoms with van der Waals surface area (Å²) < 4.78 is 5.48. The van der Waals surface area contributed by atoms with Crippen LogP contribution in [0.2, 0.25) is 10.0 Å². The van der Waals surface area contributed by atoms with E-state index in [0.717, 1.165) is 30.8 Å². The molecule has 1 aliphatic heterocycles. The summed E-state index contributed by atoms with van der Waals surface area (Å²) in [7, 11) is 0. The predicted octanol–water partition coefficient (Wildman–Crippen LogP) is 4.04. The Balaban J connectivity index is 1.59. The molecule has 0 radical (unpaired) electrons. The molecule has 0 aliphatic carbocycles. The predicted molar refractivity (Wildman–Crippen MR) is 95.3 cm³/mol. The molecule has 24 heavy (non-hydrogen) atoms. The van der Waals surface area contributed by atoms with Crippen LogP contribution in [0.4, 0.5) is 11.4 Å². The quantitative estimate of drug-likeness (QED) is 0.838. The van der Waals surface area contributed by atoms with Gasteiger partial charge in [-0.3, -0.25) is 4.79 Å². The van der Waals surface area contributed by atoms with Gasteiger partial charge in [0.2, 0.25) is 0 Å². The maximum absolute atomic E-state index is 12.1. The van der Waals surface area contributed by atoms with Crippen molar-refractivity contribution >= 4 is 40.5 Å². The van der Waals surface area contributed by atoms with E-state index in [2.05, 4.69) is 15.6 Å². The smallest absolute Gasteiger partial charge is 0.269 e. The van der Waals surface area contributed by atoms with Gasteiger partial charge in [-0.25, -0.2) is 4.98 Å². The molecule has 1 amide bonds. The number of nitrogens with one attached hydrogen (secondary N) is 2. The zero-order valence-corrected chi connectivity index (χ0v) is 14.4. The number of nitrogens with zero attached hydrogens (tertiary/aromatic N) is 1. The van der Waals surface area contributed by atoms with Crippen LogP contribution in [0, 0.1) is 0 Å². The first-order valence-corrected chi connectivity index (χ1v) is 8.45. The number of carbonyl (C=O) groups excluding carboxylic acids is 1. The second-order valence-electron chi connectivity index (χ2n) is 5.56. The number of aromatic nitrogens is 1. The monoisotopic (exact) mass is 365 g/mol. The highest BCUT2D eigenvalue weighted by Crippen LogP contribution is 2.25. The standard InChI is InChI=1S/C17H17Cl2N3O2/c18-11-6-12(19)8-14(7-11)22-13-3-4-16(20-9-13)17(23)21-10-15-2-1-5-24-15/h3-4,6-9,15,22H,1-2,5,10H2,(H,21,23). The van der Waals surface area contributed by atoms with Gasteiger partial charge >= 0.3 is 0 Å². The number of halogens is 2. The van der Waals surface area contributed by atoms with Gasteiger partial charge in [-0.15, -0.1) is 0 Å². The summed E-state index contributed by atoms with van der Waals surface area (Å²) in [6.45, 7) is 1.29. The minimum absolute atomic E-state index is 0.113. The van der Waals surface area contributed by atoms with Gasteiger partial charge in [0.15, 0.2) is 0 Å². The molecule has 2 N–H and O–H groups in total. The first-order valence-electron chi connectivity index (χ1n) is 7.69. The van der Waals surface area contributed by atoms with Crippen LogP contribution in [-0.2, 0) is 4.74 Å². The molecule has 7 heteroatoms. The Labute approximate surface area is 150 Å². The number of anilines is 2. The summed E-state index contributed by atoms with van der Waals surface area (Å²) in [4.78, 5) is 16.3. The second-order valence-corrected chi connectivity index (χ2v) is 6.43. The van der Waals surface area contributed by atoms with Gasteiger partial charge < -0.3 is 15.4 Å². The van der Waals surface area contributed by atoms with Crippen LogP contribution in [-0.4, -0.2) is 30.1 Å². The SMILES string of the molecule is O=C(NCC1CCCO1)c1ccc(Nc2cc(Cl)cc(Cl)c2)cn1. The summed E-state index contributed by atoms with van der Waals surface area (Å²) in [5.74, 6) is -0.206. The fourth-order valence-electron chi connectivity index (χ4n) is 2.50. The van der Waals surface area contributed by atoms with Crippen molar-refractivity contribution in [2.75, 3.05) is 18.5 Å². The largest absolute Gasteiger partial charge is 0.376 e. The molecule has 0 spiro atoms. The molecule has 1 unspecified atom stereocenters. The number of rotatable bonds is 5. The molecule has 1 saturated heterocycles. The number of benzene rings is 1. The number of ether oxygens (including phenoxy) is 1. The molecule has 0 bridgehead atoms. The highest BCUT2D eigenvalue weighted by molar-refractivity contribution is 6.35. The highest BCUT2D eigenvalue weighted by Gasteiger charge is 2.17. The maximum Gasteiger partial charge on any atom is 0.269 e. The molecule has 2 heterocycles. The van der Waals surface area contributed by atoms with E-state index in [1.165, 1.54) is 0 Å². The lowest BCUT2D eigenvalue weighted by Crippen LogP contribution is -2.32. The van der Waals surface area contributed by atoms with Crippen molar-refractivity contribution in [3.63, 3.8) is 0 Å². The van der Waals surface area contributed by atoms with Crippen LogP contribution in [0.1, 0.15) is 23.3 Å². The number of pyridine rings is 1. The number of carbonyl (C=O) groups is 1. The molecule has 5 nitrogen and oxygen atoms in total. The molecule has 1 atom stereocenters. The first kappa shape index (κ1) is 17.0. The van der Waals surface area contributed by atoms with Crippen LogP contribution in [0.25, 0.3) is 0 Å². The van der Waals surface area contributed by atoms with Crippen molar-refractivity contribution in [1.29, 1.82) is 0 Å². The van der Waals surface area contributed by atoms with Crippen LogP contribution < -0.4 is 10.6 Å². The third kappa shape index (κ3) is 4.60. The van der Waals surface area contributed by atoms with E-state index in [4.69, 9.17) is 27.9 Å². The zero-order valence-electron chi connectivity index (χ0n) is 12.9. The Morgan fingerprint density at radius 1 is 1.21 bits per heavy atom.